The number of piperazine rings is 1. The van der Waals surface area contributed by atoms with Gasteiger partial charge in [-0.2, -0.15) is 0 Å². The number of aliphatic carboxylic acids is 2. The zero-order valence-corrected chi connectivity index (χ0v) is 45.0. The Morgan fingerprint density at radius 1 is 0.487 bits per heavy atom. The monoisotopic (exact) mass is 1150 g/mol. The van der Waals surface area contributed by atoms with Crippen LogP contribution >= 0.6 is 23.5 Å². The quantitative estimate of drug-likeness (QED) is 0.0242. The third-order valence-corrected chi connectivity index (χ3v) is 13.0. The molecular formula is C50H62N14O14S2. The molecule has 428 valence electrons. The molecule has 1 heterocycles. The molecule has 0 spiro atoms. The summed E-state index contributed by atoms with van der Waals surface area (Å²) >= 11 is 2.55. The molecule has 0 bridgehead atoms. The number of anilines is 6. The van der Waals surface area contributed by atoms with Gasteiger partial charge in [0.15, 0.2) is 0 Å². The third-order valence-electron chi connectivity index (χ3n) is 10.8. The van der Waals surface area contributed by atoms with Crippen molar-refractivity contribution in [3.8, 4) is 11.5 Å². The summed E-state index contributed by atoms with van der Waals surface area (Å²) in [5.74, 6) is -4.43. The summed E-state index contributed by atoms with van der Waals surface area (Å²) in [6.07, 6.45) is -1.69. The molecule has 1 aliphatic rings. The van der Waals surface area contributed by atoms with Gasteiger partial charge >= 0.3 is 59.8 Å². The van der Waals surface area contributed by atoms with E-state index in [-0.39, 0.29) is 48.2 Å². The fourth-order valence-corrected chi connectivity index (χ4v) is 8.58. The fraction of sp³-hybridized carbons (Fsp3) is 0.320. The molecule has 1 saturated heterocycles. The number of hydrogen-bond acceptors (Lipinski definition) is 18. The number of nitrogens with one attached hydrogen (secondary N) is 12. The van der Waals surface area contributed by atoms with Gasteiger partial charge in [0.1, 0.15) is 11.5 Å². The fourth-order valence-electron chi connectivity index (χ4n) is 6.91. The minimum atomic E-state index is -0.926. The Hall–Kier alpha value is -9.00. The highest BCUT2D eigenvalue weighted by Crippen LogP contribution is 2.22. The van der Waals surface area contributed by atoms with E-state index in [1.807, 2.05) is 0 Å². The van der Waals surface area contributed by atoms with Crippen LogP contribution in [0.15, 0.2) is 97.1 Å². The Morgan fingerprint density at radius 2 is 0.850 bits per heavy atom. The zero-order chi connectivity index (χ0) is 57.8. The van der Waals surface area contributed by atoms with Crippen molar-refractivity contribution in [3.05, 3.63) is 97.1 Å². The van der Waals surface area contributed by atoms with Crippen LogP contribution in [0.1, 0.15) is 26.7 Å². The molecule has 0 saturated carbocycles. The number of rotatable bonds is 26. The second kappa shape index (κ2) is 32.7. The second-order valence-electron chi connectivity index (χ2n) is 17.1. The van der Waals surface area contributed by atoms with Crippen LogP contribution in [0, 0.1) is 0 Å². The molecule has 4 aromatic rings. The lowest BCUT2D eigenvalue weighted by atomic mass is 10.3. The van der Waals surface area contributed by atoms with Gasteiger partial charge in [0.05, 0.1) is 35.0 Å². The Balaban J connectivity index is 0.879. The van der Waals surface area contributed by atoms with Crippen molar-refractivity contribution < 1.29 is 67.6 Å². The van der Waals surface area contributed by atoms with E-state index in [2.05, 4.69) is 74.0 Å². The van der Waals surface area contributed by atoms with Crippen molar-refractivity contribution in [3.63, 3.8) is 0 Å². The van der Waals surface area contributed by atoms with Crippen molar-refractivity contribution in [2.24, 2.45) is 0 Å². The van der Waals surface area contributed by atoms with Crippen LogP contribution in [0.25, 0.3) is 0 Å². The third kappa shape index (κ3) is 24.1. The molecule has 4 aromatic carbocycles. The van der Waals surface area contributed by atoms with E-state index in [9.17, 15) is 47.9 Å². The first-order valence-corrected chi connectivity index (χ1v) is 26.8. The largest absolute Gasteiger partial charge is 0.481 e. The van der Waals surface area contributed by atoms with Crippen molar-refractivity contribution in [1.29, 1.82) is 0 Å². The molecule has 1 fully saturated rings. The molecular weight excluding hydrogens is 1080 g/mol. The number of benzene rings is 4. The van der Waals surface area contributed by atoms with Crippen molar-refractivity contribution >= 4 is 117 Å². The Morgan fingerprint density at radius 3 is 1.21 bits per heavy atom. The molecule has 30 heteroatoms. The minimum Gasteiger partial charge on any atom is -0.481 e. The van der Waals surface area contributed by atoms with Gasteiger partial charge in [-0.15, -0.1) is 23.5 Å². The maximum Gasteiger partial charge on any atom is 0.417 e. The van der Waals surface area contributed by atoms with Crippen molar-refractivity contribution in [1.82, 2.24) is 41.9 Å². The van der Waals surface area contributed by atoms with E-state index in [0.717, 1.165) is 0 Å². The van der Waals surface area contributed by atoms with Crippen LogP contribution in [0.2, 0.25) is 0 Å². The topological polar surface area (TPSA) is 380 Å². The molecule has 2 unspecified atom stereocenters. The number of carbonyl (C=O) groups excluding carboxylic acids is 8. The number of amides is 10. The highest BCUT2D eigenvalue weighted by molar-refractivity contribution is 8.00. The highest BCUT2D eigenvalue weighted by atomic mass is 32.2. The number of hydrazine groups is 2. The lowest BCUT2D eigenvalue weighted by molar-refractivity contribution is -0.138. The maximum absolute atomic E-state index is 12.6. The highest BCUT2D eigenvalue weighted by Gasteiger charge is 2.20. The number of hydrogen-bond donors (Lipinski definition) is 14. The van der Waals surface area contributed by atoms with Crippen LogP contribution in [0.4, 0.5) is 53.3 Å². The van der Waals surface area contributed by atoms with Crippen LogP contribution < -0.4 is 73.7 Å². The maximum atomic E-state index is 12.6. The molecule has 0 aliphatic carbocycles. The van der Waals surface area contributed by atoms with Gasteiger partial charge in [0.2, 0.25) is 0 Å². The van der Waals surface area contributed by atoms with Crippen LogP contribution in [0.3, 0.4) is 0 Å². The summed E-state index contributed by atoms with van der Waals surface area (Å²) in [7, 11) is 0. The average molecular weight is 1150 g/mol. The molecule has 0 aromatic heterocycles. The number of carboxylic acid groups (broad SMARTS) is 2. The number of urea groups is 2. The SMILES string of the molecule is CC(NC(=O)Nc1cccc(OC(=O)Nc2ccc(NNC(=O)C(=O)NCCN3CCN(CCNC(=O)C(=O)NNc4ccc(NC(=O)Oc5cccc(NC(=O)NC(C)SCCC(=O)O)c5)cc4)CC3)cc2)c1)SCCC(=O)O. The summed E-state index contributed by atoms with van der Waals surface area (Å²) in [5.41, 5.74) is 12.2. The van der Waals surface area contributed by atoms with E-state index < -0.39 is 59.8 Å². The second-order valence-corrected chi connectivity index (χ2v) is 20.0. The number of ether oxygens (including phenoxy) is 2. The molecule has 10 amide bonds. The summed E-state index contributed by atoms with van der Waals surface area (Å²) < 4.78 is 10.7. The first-order chi connectivity index (χ1) is 38.3. The normalized spacial score (nSPS) is 12.8. The number of thioether (sulfide) groups is 2. The molecule has 14 N–H and O–H groups in total. The van der Waals surface area contributed by atoms with Crippen LogP contribution in [0.5, 0.6) is 11.5 Å². The first kappa shape index (κ1) is 61.8. The van der Waals surface area contributed by atoms with Gasteiger partial charge in [-0.3, -0.25) is 70.9 Å². The van der Waals surface area contributed by atoms with E-state index in [1.54, 1.807) is 62.4 Å². The van der Waals surface area contributed by atoms with Gasteiger partial charge < -0.3 is 51.6 Å². The zero-order valence-electron chi connectivity index (χ0n) is 43.4. The van der Waals surface area contributed by atoms with Crippen molar-refractivity contribution in [2.75, 3.05) is 96.0 Å². The summed E-state index contributed by atoms with van der Waals surface area (Å²) in [5, 5.41) is 37.8. The molecule has 2 atom stereocenters. The average Bonchev–Trinajstić information content (AvgIpc) is 3.41. The van der Waals surface area contributed by atoms with E-state index in [0.29, 0.717) is 84.9 Å². The molecule has 28 nitrogen and oxygen atoms in total. The smallest absolute Gasteiger partial charge is 0.417 e. The van der Waals surface area contributed by atoms with Crippen LogP contribution in [-0.4, -0.2) is 154 Å². The molecule has 80 heavy (non-hydrogen) atoms. The Bertz CT molecular complexity index is 2600. The number of carboxylic acids is 2. The summed E-state index contributed by atoms with van der Waals surface area (Å²) in [6, 6.07) is 23.6. The van der Waals surface area contributed by atoms with E-state index >= 15 is 0 Å². The Labute approximate surface area is 467 Å². The standard InChI is InChI=1S/C50H62N14O14S2/c1-31(79-27-17-41(65)66)53-47(73)55-37-5-3-7-39(29-37)77-49(75)57-33-9-13-35(14-10-33)59-61-45(71)43(69)51-19-21-63-23-25-64(26-24-63)22-20-52-44(70)46(72)62-60-36-15-11-34(12-16-36)58-50(76)78-40-8-4-6-38(30-40)56-48(74)54-32(2)80-28-18-42(67)68/h3-16,29-32,59-60H,17-28H2,1-2H3,(H,51,69)(H,52,70)(H,57,75)(H,58,76)(H,61,71)(H,62,72)(H,65,66)(H,67,68)(H2,53,55,73)(H2,54,56,74). The van der Waals surface area contributed by atoms with Gasteiger partial charge in [0.25, 0.3) is 0 Å². The molecule has 1 aliphatic heterocycles. The van der Waals surface area contributed by atoms with E-state index in [1.165, 1.54) is 72.1 Å². The predicted molar refractivity (Wildman–Crippen MR) is 300 cm³/mol. The van der Waals surface area contributed by atoms with Gasteiger partial charge in [-0.05, 0) is 86.6 Å². The molecule has 0 radical (unpaired) electrons. The van der Waals surface area contributed by atoms with Crippen LogP contribution in [-0.2, 0) is 28.8 Å². The summed E-state index contributed by atoms with van der Waals surface area (Å²) in [6.45, 7) is 7.51. The number of nitrogens with zero attached hydrogens (tertiary/aromatic N) is 2. The first-order valence-electron chi connectivity index (χ1n) is 24.7. The Kier molecular flexibility index (Phi) is 25.3. The van der Waals surface area contributed by atoms with Gasteiger partial charge in [-0.25, -0.2) is 19.2 Å². The van der Waals surface area contributed by atoms with E-state index in [4.69, 9.17) is 19.7 Å². The van der Waals surface area contributed by atoms with Crippen molar-refractivity contribution in [2.45, 2.75) is 37.4 Å². The van der Waals surface area contributed by atoms with Gasteiger partial charge in [0, 0.05) is 98.7 Å². The predicted octanol–water partition coefficient (Wildman–Crippen LogP) is 3.70. The van der Waals surface area contributed by atoms with Gasteiger partial charge in [-0.1, -0.05) is 12.1 Å². The minimum absolute atomic E-state index is 0.0301. The lowest BCUT2D eigenvalue weighted by Crippen LogP contribution is -2.51. The number of carbonyl (C=O) groups is 10. The molecule has 5 rings (SSSR count). The summed E-state index contributed by atoms with van der Waals surface area (Å²) in [4.78, 5) is 125. The lowest BCUT2D eigenvalue weighted by Gasteiger charge is -2.34.